The Hall–Kier alpha value is -2.16. The van der Waals surface area contributed by atoms with Crippen LogP contribution in [0.2, 0.25) is 0 Å². The highest BCUT2D eigenvalue weighted by molar-refractivity contribution is 9.10. The smallest absolute Gasteiger partial charge is 0.136 e. The van der Waals surface area contributed by atoms with Gasteiger partial charge in [-0.25, -0.2) is 0 Å². The van der Waals surface area contributed by atoms with Gasteiger partial charge in [-0.15, -0.1) is 0 Å². The first-order chi connectivity index (χ1) is 17.4. The lowest BCUT2D eigenvalue weighted by Crippen LogP contribution is -2.47. The Kier molecular flexibility index (Phi) is 4.70. The Morgan fingerprint density at radius 3 is 1.68 bits per heavy atom. The number of methoxy groups -OCH3 is 1. The predicted molar refractivity (Wildman–Crippen MR) is 161 cm³/mol. The monoisotopic (exact) mass is 552 g/mol. The first kappa shape index (κ1) is 23.9. The van der Waals surface area contributed by atoms with Gasteiger partial charge >= 0.3 is 0 Å². The molecule has 3 aliphatic carbocycles. The van der Waals surface area contributed by atoms with E-state index in [1.165, 1.54) is 65.7 Å². The SMILES string of the molecule is COC12C3=CC(Br)(C(C)(C)C)C=C1CCc1c2c(c2ccc4cc(C(C)(C)C)cc5ccc1c2c45)CC3. The van der Waals surface area contributed by atoms with Gasteiger partial charge in [0.2, 0.25) is 0 Å². The number of alkyl halides is 1. The summed E-state index contributed by atoms with van der Waals surface area (Å²) in [5.41, 5.74) is 8.55. The highest BCUT2D eigenvalue weighted by Gasteiger charge is 2.53. The molecule has 0 saturated carbocycles. The van der Waals surface area contributed by atoms with Crippen molar-refractivity contribution in [2.75, 3.05) is 7.11 Å². The Labute approximate surface area is 229 Å². The molecule has 1 nitrogen and oxygen atoms in total. The molecule has 0 aliphatic heterocycles. The first-order valence-corrected chi connectivity index (χ1v) is 14.6. The largest absolute Gasteiger partial charge is 0.365 e. The van der Waals surface area contributed by atoms with Crippen LogP contribution in [0.3, 0.4) is 0 Å². The summed E-state index contributed by atoms with van der Waals surface area (Å²) >= 11 is 4.18. The van der Waals surface area contributed by atoms with E-state index in [0.29, 0.717) is 0 Å². The molecule has 0 saturated heterocycles. The number of hydrogen-bond acceptors (Lipinski definition) is 1. The van der Waals surface area contributed by atoms with Crippen molar-refractivity contribution in [3.05, 3.63) is 82.0 Å². The van der Waals surface area contributed by atoms with Gasteiger partial charge in [0, 0.05) is 7.11 Å². The molecular weight excluding hydrogens is 516 g/mol. The number of fused-ring (bicyclic) bond motifs is 2. The molecule has 0 spiro atoms. The normalized spacial score (nSPS) is 25.5. The molecule has 0 unspecified atom stereocenters. The van der Waals surface area contributed by atoms with Crippen molar-refractivity contribution in [2.24, 2.45) is 5.41 Å². The van der Waals surface area contributed by atoms with Gasteiger partial charge in [-0.3, -0.25) is 0 Å². The lowest BCUT2D eigenvalue weighted by molar-refractivity contribution is 0.0333. The molecule has 4 aromatic rings. The van der Waals surface area contributed by atoms with Crippen LogP contribution in [-0.2, 0) is 28.6 Å². The fraction of sp³-hybridized carbons (Fsp3) is 0.429. The number of benzene rings is 4. The average Bonchev–Trinajstić information content (AvgIpc) is 2.84. The van der Waals surface area contributed by atoms with Crippen molar-refractivity contribution in [1.82, 2.24) is 0 Å². The molecule has 37 heavy (non-hydrogen) atoms. The second-order valence-electron chi connectivity index (χ2n) is 13.7. The standard InChI is InChI=1S/C35H37BrO/c1-32(2,3)24-16-20-8-12-25-27-14-10-22-18-34(36,33(4,5)6)19-23-11-15-28(31(27)35(22,23)37-7)26-13-9-21(17-24)29(20)30(25)26/h8-9,12-13,16-19H,10-11,14-15H2,1-7H3. The van der Waals surface area contributed by atoms with Crippen molar-refractivity contribution in [3.8, 4) is 0 Å². The zero-order chi connectivity index (χ0) is 26.1. The van der Waals surface area contributed by atoms with Crippen molar-refractivity contribution in [1.29, 1.82) is 0 Å². The van der Waals surface area contributed by atoms with Gasteiger partial charge in [0.1, 0.15) is 5.60 Å². The van der Waals surface area contributed by atoms with Crippen molar-refractivity contribution < 1.29 is 4.74 Å². The van der Waals surface area contributed by atoms with E-state index in [9.17, 15) is 0 Å². The van der Waals surface area contributed by atoms with Gasteiger partial charge in [0.05, 0.1) is 4.32 Å². The number of aryl methyl sites for hydroxylation is 2. The average molecular weight is 554 g/mol. The minimum Gasteiger partial charge on any atom is -0.365 e. The van der Waals surface area contributed by atoms with Crippen LogP contribution in [0.1, 0.15) is 76.6 Å². The summed E-state index contributed by atoms with van der Waals surface area (Å²) in [6.07, 6.45) is 9.22. The topological polar surface area (TPSA) is 9.23 Å². The van der Waals surface area contributed by atoms with Crippen LogP contribution >= 0.6 is 15.9 Å². The molecule has 0 atom stereocenters. The second-order valence-corrected chi connectivity index (χ2v) is 15.0. The molecule has 190 valence electrons. The molecule has 0 heterocycles. The zero-order valence-electron chi connectivity index (χ0n) is 23.2. The number of halogens is 1. The molecule has 7 rings (SSSR count). The fourth-order valence-electron chi connectivity index (χ4n) is 7.59. The van der Waals surface area contributed by atoms with Crippen LogP contribution in [0.15, 0.2) is 59.7 Å². The Morgan fingerprint density at radius 2 is 1.24 bits per heavy atom. The third-order valence-corrected chi connectivity index (χ3v) is 11.4. The lowest BCUT2D eigenvalue weighted by atomic mass is 9.59. The predicted octanol–water partition coefficient (Wildman–Crippen LogP) is 9.66. The maximum Gasteiger partial charge on any atom is 0.136 e. The Morgan fingerprint density at radius 1 is 0.730 bits per heavy atom. The van der Waals surface area contributed by atoms with Gasteiger partial charge in [0.15, 0.2) is 0 Å². The summed E-state index contributed by atoms with van der Waals surface area (Å²) in [4.78, 5) is 0. The molecule has 0 N–H and O–H groups in total. The Balaban J connectivity index is 1.58. The molecule has 2 heteroatoms. The van der Waals surface area contributed by atoms with Crippen LogP contribution in [0.5, 0.6) is 0 Å². The highest BCUT2D eigenvalue weighted by Crippen LogP contribution is 2.60. The number of ether oxygens (including phenoxy) is 1. The third-order valence-electron chi connectivity index (χ3n) is 9.74. The van der Waals surface area contributed by atoms with E-state index in [-0.39, 0.29) is 15.2 Å². The molecule has 3 aliphatic rings. The summed E-state index contributed by atoms with van der Waals surface area (Å²) in [6.45, 7) is 13.9. The highest BCUT2D eigenvalue weighted by atomic mass is 79.9. The van der Waals surface area contributed by atoms with Gasteiger partial charge < -0.3 is 4.74 Å². The van der Waals surface area contributed by atoms with Crippen molar-refractivity contribution in [2.45, 2.75) is 82.6 Å². The minimum atomic E-state index is -0.423. The van der Waals surface area contributed by atoms with Gasteiger partial charge in [0.25, 0.3) is 0 Å². The summed E-state index contributed by atoms with van der Waals surface area (Å²) < 4.78 is 6.53. The van der Waals surface area contributed by atoms with Crippen LogP contribution in [0.4, 0.5) is 0 Å². The zero-order valence-corrected chi connectivity index (χ0v) is 24.8. The van der Waals surface area contributed by atoms with Gasteiger partial charge in [-0.1, -0.05) is 106 Å². The quantitative estimate of drug-likeness (QED) is 0.130. The molecule has 0 amide bonds. The first-order valence-electron chi connectivity index (χ1n) is 13.8. The molecule has 4 aromatic carbocycles. The summed E-state index contributed by atoms with van der Waals surface area (Å²) in [5, 5.41) is 8.50. The van der Waals surface area contributed by atoms with Gasteiger partial charge in [-0.2, -0.15) is 0 Å². The molecular formula is C35H37BrO. The molecule has 0 aromatic heterocycles. The Bertz CT molecular complexity index is 1590. The van der Waals surface area contributed by atoms with Crippen LogP contribution in [0, 0.1) is 5.41 Å². The van der Waals surface area contributed by atoms with Crippen LogP contribution < -0.4 is 0 Å². The number of rotatable bonds is 1. The van der Waals surface area contributed by atoms with E-state index in [2.05, 4.69) is 106 Å². The van der Waals surface area contributed by atoms with Crippen molar-refractivity contribution >= 4 is 48.2 Å². The molecule has 0 fully saturated rings. The van der Waals surface area contributed by atoms with Crippen LogP contribution in [0.25, 0.3) is 32.3 Å². The number of allylic oxidation sites excluding steroid dienone is 2. The van der Waals surface area contributed by atoms with E-state index >= 15 is 0 Å². The lowest BCUT2D eigenvalue weighted by Gasteiger charge is -2.52. The van der Waals surface area contributed by atoms with E-state index in [4.69, 9.17) is 4.74 Å². The summed E-state index contributed by atoms with van der Waals surface area (Å²) in [5.74, 6) is 0. The van der Waals surface area contributed by atoms with E-state index in [1.54, 1.807) is 0 Å². The minimum absolute atomic E-state index is 0.0762. The van der Waals surface area contributed by atoms with E-state index in [1.807, 2.05) is 7.11 Å². The summed E-state index contributed by atoms with van der Waals surface area (Å²) in [6, 6.07) is 14.4. The van der Waals surface area contributed by atoms with Crippen molar-refractivity contribution in [3.63, 3.8) is 0 Å². The third kappa shape index (κ3) is 2.95. The summed E-state index contributed by atoms with van der Waals surface area (Å²) in [7, 11) is 1.93. The maximum absolute atomic E-state index is 6.68. The fourth-order valence-corrected chi connectivity index (χ4v) is 8.14. The van der Waals surface area contributed by atoms with E-state index in [0.717, 1.165) is 25.7 Å². The second kappa shape index (κ2) is 7.27. The van der Waals surface area contributed by atoms with E-state index < -0.39 is 5.60 Å². The maximum atomic E-state index is 6.68. The molecule has 0 bridgehead atoms. The molecule has 0 radical (unpaired) electrons. The van der Waals surface area contributed by atoms with Crippen LogP contribution in [-0.4, -0.2) is 11.4 Å². The number of hydrogen-bond donors (Lipinski definition) is 0. The van der Waals surface area contributed by atoms with Gasteiger partial charge in [-0.05, 0) is 102 Å².